The quantitative estimate of drug-likeness (QED) is 0.325. The van der Waals surface area contributed by atoms with Crippen molar-refractivity contribution in [3.8, 4) is 17.6 Å². The second-order valence-electron chi connectivity index (χ2n) is 9.53. The summed E-state index contributed by atoms with van der Waals surface area (Å²) in [4.78, 5) is 40.6. The number of phenolic OH excluding ortho intramolecular Hbond substituents is 1. The van der Waals surface area contributed by atoms with E-state index in [1.54, 1.807) is 6.92 Å². The van der Waals surface area contributed by atoms with E-state index in [1.807, 2.05) is 38.9 Å². The van der Waals surface area contributed by atoms with Crippen LogP contribution < -0.4 is 10.6 Å². The summed E-state index contributed by atoms with van der Waals surface area (Å²) in [5.41, 5.74) is 8.74. The van der Waals surface area contributed by atoms with Gasteiger partial charge in [0.1, 0.15) is 5.75 Å². The summed E-state index contributed by atoms with van der Waals surface area (Å²) in [5, 5.41) is 11.1. The van der Waals surface area contributed by atoms with Crippen molar-refractivity contribution in [3.05, 3.63) is 33.9 Å². The van der Waals surface area contributed by atoms with Crippen LogP contribution in [0.2, 0.25) is 0 Å². The van der Waals surface area contributed by atoms with Crippen LogP contribution in [-0.2, 0) is 16.0 Å². The number of hydrogen-bond donors (Lipinski definition) is 3. The molecule has 7 heteroatoms. The Morgan fingerprint density at radius 2 is 2.00 bits per heavy atom. The Morgan fingerprint density at radius 3 is 2.56 bits per heavy atom. The smallest absolute Gasteiger partial charge is 0.224 e. The second kappa shape index (κ2) is 9.87. The molecule has 0 fully saturated rings. The number of allylic oxidation sites excluding steroid dienone is 1. The third-order valence-corrected chi connectivity index (χ3v) is 8.13. The molecule has 34 heavy (non-hydrogen) atoms. The highest BCUT2D eigenvalue weighted by Gasteiger charge is 2.52. The van der Waals surface area contributed by atoms with E-state index in [1.165, 1.54) is 0 Å². The fourth-order valence-electron chi connectivity index (χ4n) is 5.49. The minimum Gasteiger partial charge on any atom is -0.506 e. The molecule has 182 valence electrons. The van der Waals surface area contributed by atoms with Gasteiger partial charge in [-0.05, 0) is 55.2 Å². The number of unbranched alkanes of at least 4 members (excludes halogenated alkanes) is 1. The molecule has 0 spiro atoms. The van der Waals surface area contributed by atoms with Gasteiger partial charge < -0.3 is 15.7 Å². The van der Waals surface area contributed by atoms with Gasteiger partial charge in [-0.25, -0.2) is 0 Å². The highest BCUT2D eigenvalue weighted by molar-refractivity contribution is 7.83. The van der Waals surface area contributed by atoms with Crippen LogP contribution in [-0.4, -0.2) is 41.4 Å². The standard InChI is InChI=1S/C27H34N2O4S/c1-6-8-9-10-16-13-20(29(4)5)19-12-17-11-18(7-2)27(34,21(30)14-22(28)31)15(3)23(17)26(33)24(19)25(16)32/h13,17-18,32,34H,6-8,11-12,14H2,1-5H3,(H2,28,31)/t17?,18?,27-/m1/s1. The molecule has 2 unspecified atom stereocenters. The molecular formula is C27H34N2O4S. The van der Waals surface area contributed by atoms with Crippen LogP contribution >= 0.6 is 12.6 Å². The van der Waals surface area contributed by atoms with E-state index in [0.717, 1.165) is 17.7 Å². The Balaban J connectivity index is 2.25. The lowest BCUT2D eigenvalue weighted by Gasteiger charge is -2.46. The van der Waals surface area contributed by atoms with Crippen LogP contribution in [0.25, 0.3) is 0 Å². The monoisotopic (exact) mass is 482 g/mol. The molecule has 0 radical (unpaired) electrons. The maximum absolute atomic E-state index is 13.9. The number of nitrogens with zero attached hydrogens (tertiary/aromatic N) is 1. The normalized spacial score (nSPS) is 23.5. The summed E-state index contributed by atoms with van der Waals surface area (Å²) in [6.07, 6.45) is 3.00. The second-order valence-corrected chi connectivity index (χ2v) is 10.2. The van der Waals surface area contributed by atoms with Gasteiger partial charge in [-0.1, -0.05) is 32.1 Å². The molecular weight excluding hydrogens is 448 g/mol. The van der Waals surface area contributed by atoms with Gasteiger partial charge in [-0.15, -0.1) is 0 Å². The van der Waals surface area contributed by atoms with E-state index in [-0.39, 0.29) is 34.7 Å². The Bertz CT molecular complexity index is 1140. The van der Waals surface area contributed by atoms with Crippen LogP contribution in [0.3, 0.4) is 0 Å². The van der Waals surface area contributed by atoms with Crippen molar-refractivity contribution in [2.45, 2.75) is 64.0 Å². The summed E-state index contributed by atoms with van der Waals surface area (Å²) < 4.78 is -1.25. The van der Waals surface area contributed by atoms with Crippen LogP contribution in [0.4, 0.5) is 5.69 Å². The lowest BCUT2D eigenvalue weighted by Crippen LogP contribution is -2.49. The van der Waals surface area contributed by atoms with Crippen molar-refractivity contribution < 1.29 is 19.5 Å². The summed E-state index contributed by atoms with van der Waals surface area (Å²) in [6, 6.07) is 1.85. The fourth-order valence-corrected chi connectivity index (χ4v) is 5.98. The number of nitrogens with two attached hydrogens (primary N) is 1. The average molecular weight is 483 g/mol. The van der Waals surface area contributed by atoms with Gasteiger partial charge in [0, 0.05) is 31.8 Å². The Hall–Kier alpha value is -2.72. The van der Waals surface area contributed by atoms with Gasteiger partial charge in [0.25, 0.3) is 0 Å². The van der Waals surface area contributed by atoms with E-state index < -0.39 is 17.1 Å². The SMILES string of the molecule is CCCC#Cc1cc(N(C)C)c2c(c1O)C(=O)C1=C(C)[C@](S)(C(=O)CC(N)=O)C(CC)CC1C2. The zero-order valence-electron chi connectivity index (χ0n) is 20.6. The molecule has 0 heterocycles. The summed E-state index contributed by atoms with van der Waals surface area (Å²) >= 11 is 4.81. The van der Waals surface area contributed by atoms with E-state index in [2.05, 4.69) is 11.8 Å². The molecule has 0 saturated carbocycles. The molecule has 6 nitrogen and oxygen atoms in total. The number of benzene rings is 1. The third-order valence-electron chi connectivity index (χ3n) is 7.18. The highest BCUT2D eigenvalue weighted by Crippen LogP contribution is 2.53. The third kappa shape index (κ3) is 4.24. The van der Waals surface area contributed by atoms with Crippen LogP contribution in [0, 0.1) is 23.7 Å². The summed E-state index contributed by atoms with van der Waals surface area (Å²) in [5.74, 6) is 4.35. The number of carbonyl (C=O) groups excluding carboxylic acids is 3. The number of ketones is 2. The lowest BCUT2D eigenvalue weighted by atomic mass is 9.62. The molecule has 2 aliphatic rings. The van der Waals surface area contributed by atoms with E-state index >= 15 is 0 Å². The van der Waals surface area contributed by atoms with Crippen molar-refractivity contribution in [2.75, 3.05) is 19.0 Å². The Morgan fingerprint density at radius 1 is 1.32 bits per heavy atom. The first-order chi connectivity index (χ1) is 16.0. The zero-order valence-corrected chi connectivity index (χ0v) is 21.5. The summed E-state index contributed by atoms with van der Waals surface area (Å²) in [7, 11) is 3.82. The number of aromatic hydroxyl groups is 1. The van der Waals surface area contributed by atoms with Gasteiger partial charge in [-0.3, -0.25) is 14.4 Å². The predicted molar refractivity (Wildman–Crippen MR) is 137 cm³/mol. The van der Waals surface area contributed by atoms with Crippen molar-refractivity contribution >= 4 is 35.8 Å². The van der Waals surface area contributed by atoms with Gasteiger partial charge in [0.2, 0.25) is 5.91 Å². The number of hydrogen-bond acceptors (Lipinski definition) is 6. The molecule has 1 aromatic rings. The first-order valence-corrected chi connectivity index (χ1v) is 12.3. The van der Waals surface area contributed by atoms with Crippen LogP contribution in [0.5, 0.6) is 5.75 Å². The maximum atomic E-state index is 13.9. The van der Waals surface area contributed by atoms with Crippen molar-refractivity contribution in [3.63, 3.8) is 0 Å². The molecule has 3 N–H and O–H groups in total. The molecule has 1 amide bonds. The minimum atomic E-state index is -1.25. The van der Waals surface area contributed by atoms with Crippen molar-refractivity contribution in [2.24, 2.45) is 17.6 Å². The number of primary amides is 1. The number of fused-ring (bicyclic) bond motifs is 2. The first-order valence-electron chi connectivity index (χ1n) is 11.8. The largest absolute Gasteiger partial charge is 0.506 e. The first kappa shape index (κ1) is 25.9. The van der Waals surface area contributed by atoms with Crippen LogP contribution in [0.15, 0.2) is 17.2 Å². The number of phenols is 1. The molecule has 0 saturated heterocycles. The fraction of sp³-hybridized carbons (Fsp3) is 0.519. The Labute approximate surface area is 207 Å². The van der Waals surface area contributed by atoms with Crippen molar-refractivity contribution in [1.82, 2.24) is 0 Å². The molecule has 0 aromatic heterocycles. The van der Waals surface area contributed by atoms with Gasteiger partial charge in [0.15, 0.2) is 11.6 Å². The topological polar surface area (TPSA) is 101 Å². The molecule has 0 bridgehead atoms. The Kier molecular flexibility index (Phi) is 7.52. The van der Waals surface area contributed by atoms with Crippen molar-refractivity contribution in [1.29, 1.82) is 0 Å². The average Bonchev–Trinajstić information content (AvgIpc) is 2.76. The van der Waals surface area contributed by atoms with Gasteiger partial charge >= 0.3 is 0 Å². The number of rotatable bonds is 6. The number of carbonyl (C=O) groups is 3. The number of amides is 1. The van der Waals surface area contributed by atoms with E-state index in [4.69, 9.17) is 18.4 Å². The van der Waals surface area contributed by atoms with E-state index in [9.17, 15) is 19.5 Å². The lowest BCUT2D eigenvalue weighted by molar-refractivity contribution is -0.128. The van der Waals surface area contributed by atoms with Gasteiger partial charge in [-0.2, -0.15) is 12.6 Å². The molecule has 0 aliphatic heterocycles. The summed E-state index contributed by atoms with van der Waals surface area (Å²) in [6.45, 7) is 5.78. The van der Waals surface area contributed by atoms with E-state index in [0.29, 0.717) is 42.4 Å². The number of thiol groups is 1. The molecule has 3 atom stereocenters. The minimum absolute atomic E-state index is 0.0956. The molecule has 3 rings (SSSR count). The van der Waals surface area contributed by atoms with Gasteiger partial charge in [0.05, 0.1) is 22.3 Å². The number of anilines is 1. The zero-order chi connectivity index (χ0) is 25.4. The van der Waals surface area contributed by atoms with Crippen LogP contribution in [0.1, 0.15) is 74.4 Å². The highest BCUT2D eigenvalue weighted by atomic mass is 32.1. The maximum Gasteiger partial charge on any atom is 0.224 e. The number of Topliss-reactive ketones (excluding diaryl/α,β-unsaturated/α-hetero) is 2. The predicted octanol–water partition coefficient (Wildman–Crippen LogP) is 3.82. The molecule has 1 aromatic carbocycles. The molecule has 2 aliphatic carbocycles.